The summed E-state index contributed by atoms with van der Waals surface area (Å²) in [6.45, 7) is 1.42. The predicted molar refractivity (Wildman–Crippen MR) is 67.9 cm³/mol. The third-order valence-electron chi connectivity index (χ3n) is 2.36. The van der Waals surface area contributed by atoms with Crippen molar-refractivity contribution in [2.24, 2.45) is 0 Å². The lowest BCUT2D eigenvalue weighted by Crippen LogP contribution is -2.42. The Hall–Kier alpha value is -2.08. The summed E-state index contributed by atoms with van der Waals surface area (Å²) in [4.78, 5) is 21.7. The van der Waals surface area contributed by atoms with Gasteiger partial charge in [0.1, 0.15) is 5.75 Å². The molecule has 0 spiro atoms. The van der Waals surface area contributed by atoms with Crippen molar-refractivity contribution in [3.8, 4) is 5.75 Å². The fraction of sp³-hybridized carbons (Fsp3) is 0.385. The smallest absolute Gasteiger partial charge is 0.328 e. The minimum atomic E-state index is -1.12. The zero-order chi connectivity index (χ0) is 14.3. The number of aliphatic carboxylic acids is 1. The van der Waals surface area contributed by atoms with Gasteiger partial charge in [-0.1, -0.05) is 12.1 Å². The van der Waals surface area contributed by atoms with Gasteiger partial charge >= 0.3 is 5.97 Å². The van der Waals surface area contributed by atoms with Crippen LogP contribution in [0.2, 0.25) is 0 Å². The van der Waals surface area contributed by atoms with Crippen LogP contribution in [-0.4, -0.2) is 36.7 Å². The number of rotatable bonds is 7. The first-order valence-electron chi connectivity index (χ1n) is 5.73. The molecule has 0 aliphatic heterocycles. The number of methoxy groups -OCH3 is 1. The highest BCUT2D eigenvalue weighted by atomic mass is 16.5. The van der Waals surface area contributed by atoms with Crippen molar-refractivity contribution in [1.82, 2.24) is 5.32 Å². The Morgan fingerprint density at radius 1 is 1.42 bits per heavy atom. The number of carbonyl (C=O) groups is 2. The van der Waals surface area contributed by atoms with Gasteiger partial charge < -0.3 is 19.9 Å². The minimum Gasteiger partial charge on any atom is -0.497 e. The molecule has 0 aliphatic carbocycles. The molecule has 6 nitrogen and oxygen atoms in total. The molecule has 0 bridgehead atoms. The van der Waals surface area contributed by atoms with E-state index in [0.717, 1.165) is 5.56 Å². The first-order valence-corrected chi connectivity index (χ1v) is 5.73. The highest BCUT2D eigenvalue weighted by Gasteiger charge is 2.18. The van der Waals surface area contributed by atoms with Crippen LogP contribution in [0.25, 0.3) is 0 Å². The highest BCUT2D eigenvalue weighted by molar-refractivity contribution is 5.82. The summed E-state index contributed by atoms with van der Waals surface area (Å²) in [5, 5.41) is 11.2. The van der Waals surface area contributed by atoms with Crippen LogP contribution in [0.5, 0.6) is 5.75 Å². The third-order valence-corrected chi connectivity index (χ3v) is 2.36. The SMILES string of the molecule is COc1cccc(COCC(NC(C)=O)C(=O)O)c1. The molecule has 0 heterocycles. The molecule has 0 fully saturated rings. The van der Waals surface area contributed by atoms with Gasteiger partial charge in [0.05, 0.1) is 20.3 Å². The zero-order valence-corrected chi connectivity index (χ0v) is 10.9. The van der Waals surface area contributed by atoms with Gasteiger partial charge in [0.2, 0.25) is 5.91 Å². The Bertz CT molecular complexity index is 446. The van der Waals surface area contributed by atoms with Gasteiger partial charge in [-0.3, -0.25) is 4.79 Å². The lowest BCUT2D eigenvalue weighted by molar-refractivity contribution is -0.143. The summed E-state index contributed by atoms with van der Waals surface area (Å²) in [5.41, 5.74) is 0.867. The fourth-order valence-electron chi connectivity index (χ4n) is 1.48. The van der Waals surface area contributed by atoms with Crippen molar-refractivity contribution in [3.63, 3.8) is 0 Å². The molecule has 0 saturated carbocycles. The van der Waals surface area contributed by atoms with Crippen molar-refractivity contribution >= 4 is 11.9 Å². The van der Waals surface area contributed by atoms with E-state index in [1.807, 2.05) is 12.1 Å². The lowest BCUT2D eigenvalue weighted by atomic mass is 10.2. The number of carboxylic acid groups (broad SMARTS) is 1. The van der Waals surface area contributed by atoms with E-state index in [1.54, 1.807) is 19.2 Å². The molecule has 0 aromatic heterocycles. The first kappa shape index (κ1) is 15.0. The van der Waals surface area contributed by atoms with Crippen molar-refractivity contribution in [3.05, 3.63) is 29.8 Å². The normalized spacial score (nSPS) is 11.7. The second-order valence-electron chi connectivity index (χ2n) is 3.96. The van der Waals surface area contributed by atoms with Gasteiger partial charge in [-0.2, -0.15) is 0 Å². The largest absolute Gasteiger partial charge is 0.497 e. The maximum atomic E-state index is 10.9. The van der Waals surface area contributed by atoms with Crippen LogP contribution in [0.15, 0.2) is 24.3 Å². The molecular formula is C13H17NO5. The molecule has 104 valence electrons. The lowest BCUT2D eigenvalue weighted by Gasteiger charge is -2.13. The van der Waals surface area contributed by atoms with Crippen LogP contribution < -0.4 is 10.1 Å². The number of amides is 1. The maximum absolute atomic E-state index is 10.9. The predicted octanol–water partition coefficient (Wildman–Crippen LogP) is 0.801. The van der Waals surface area contributed by atoms with Crippen LogP contribution in [0.3, 0.4) is 0 Å². The van der Waals surface area contributed by atoms with Crippen LogP contribution >= 0.6 is 0 Å². The number of benzene rings is 1. The summed E-state index contributed by atoms with van der Waals surface area (Å²) in [5.74, 6) is -0.823. The Kier molecular flexibility index (Phi) is 5.81. The molecule has 1 unspecified atom stereocenters. The van der Waals surface area contributed by atoms with Gasteiger partial charge in [0.15, 0.2) is 6.04 Å². The van der Waals surface area contributed by atoms with Crippen molar-refractivity contribution < 1.29 is 24.2 Å². The van der Waals surface area contributed by atoms with E-state index in [-0.39, 0.29) is 13.2 Å². The molecular weight excluding hydrogens is 250 g/mol. The molecule has 1 amide bonds. The number of ether oxygens (including phenoxy) is 2. The summed E-state index contributed by atoms with van der Waals surface area (Å²) in [6, 6.07) is 6.23. The molecule has 1 atom stereocenters. The van der Waals surface area contributed by atoms with Crippen molar-refractivity contribution in [2.75, 3.05) is 13.7 Å². The Labute approximate surface area is 111 Å². The Morgan fingerprint density at radius 3 is 2.74 bits per heavy atom. The molecule has 19 heavy (non-hydrogen) atoms. The van der Waals surface area contributed by atoms with Gasteiger partial charge in [-0.25, -0.2) is 4.79 Å². The monoisotopic (exact) mass is 267 g/mol. The molecule has 1 rings (SSSR count). The fourth-order valence-corrected chi connectivity index (χ4v) is 1.48. The van der Waals surface area contributed by atoms with E-state index in [2.05, 4.69) is 5.32 Å². The maximum Gasteiger partial charge on any atom is 0.328 e. The topological polar surface area (TPSA) is 84.9 Å². The van der Waals surface area contributed by atoms with Gasteiger partial charge in [-0.15, -0.1) is 0 Å². The zero-order valence-electron chi connectivity index (χ0n) is 10.9. The van der Waals surface area contributed by atoms with E-state index < -0.39 is 17.9 Å². The van der Waals surface area contributed by atoms with E-state index in [9.17, 15) is 9.59 Å². The molecule has 0 aliphatic rings. The third kappa shape index (κ3) is 5.39. The van der Waals surface area contributed by atoms with Crippen LogP contribution in [0.1, 0.15) is 12.5 Å². The van der Waals surface area contributed by atoms with Crippen LogP contribution in [0, 0.1) is 0 Å². The minimum absolute atomic E-state index is 0.0911. The summed E-state index contributed by atoms with van der Waals surface area (Å²) < 4.78 is 10.4. The molecule has 1 aromatic rings. The number of hydrogen-bond acceptors (Lipinski definition) is 4. The molecule has 1 aromatic carbocycles. The standard InChI is InChI=1S/C13H17NO5/c1-9(15)14-12(13(16)17)8-19-7-10-4-3-5-11(6-10)18-2/h3-6,12H,7-8H2,1-2H3,(H,14,15)(H,16,17). The van der Waals surface area contributed by atoms with E-state index in [1.165, 1.54) is 6.92 Å². The first-order chi connectivity index (χ1) is 9.02. The average Bonchev–Trinajstić information content (AvgIpc) is 2.37. The van der Waals surface area contributed by atoms with E-state index in [4.69, 9.17) is 14.6 Å². The van der Waals surface area contributed by atoms with Gasteiger partial charge in [0.25, 0.3) is 0 Å². The number of nitrogens with one attached hydrogen (secondary N) is 1. The number of carbonyl (C=O) groups excluding carboxylic acids is 1. The van der Waals surface area contributed by atoms with Gasteiger partial charge in [0, 0.05) is 6.92 Å². The van der Waals surface area contributed by atoms with Crippen LogP contribution in [-0.2, 0) is 20.9 Å². The quantitative estimate of drug-likeness (QED) is 0.763. The summed E-state index contributed by atoms with van der Waals surface area (Å²) in [7, 11) is 1.57. The molecule has 6 heteroatoms. The molecule has 0 saturated heterocycles. The highest BCUT2D eigenvalue weighted by Crippen LogP contribution is 2.13. The average molecular weight is 267 g/mol. The molecule has 2 N–H and O–H groups in total. The summed E-state index contributed by atoms with van der Waals surface area (Å²) >= 11 is 0. The van der Waals surface area contributed by atoms with Gasteiger partial charge in [-0.05, 0) is 17.7 Å². The van der Waals surface area contributed by atoms with E-state index in [0.29, 0.717) is 5.75 Å². The number of hydrogen-bond donors (Lipinski definition) is 2. The van der Waals surface area contributed by atoms with Crippen LogP contribution in [0.4, 0.5) is 0 Å². The second kappa shape index (κ2) is 7.38. The Balaban J connectivity index is 2.47. The molecule has 0 radical (unpaired) electrons. The summed E-state index contributed by atoms with van der Waals surface area (Å²) in [6.07, 6.45) is 0. The van der Waals surface area contributed by atoms with Crippen molar-refractivity contribution in [2.45, 2.75) is 19.6 Å². The Morgan fingerprint density at radius 2 is 2.16 bits per heavy atom. The van der Waals surface area contributed by atoms with Crippen molar-refractivity contribution in [1.29, 1.82) is 0 Å². The van der Waals surface area contributed by atoms with E-state index >= 15 is 0 Å². The number of carboxylic acids is 1. The second-order valence-corrected chi connectivity index (χ2v) is 3.96.